The standard InChI is InChI=1S/C42H30N4/c1-27-15-19-31(20-16-27)40-44-41(32-21-17-28(2)18-22-32)46-42(45-40)33-25-23-29(24-26-33)34-12-8-13-36-38(34)35-11-6-7-14-37(35)43-39(36)30-9-4-3-5-10-30/h3-26H,1-2H3. The number of hydrogen-bond acceptors (Lipinski definition) is 4. The molecule has 0 saturated heterocycles. The molecule has 0 amide bonds. The largest absolute Gasteiger partial charge is 0.247 e. The fourth-order valence-corrected chi connectivity index (χ4v) is 6.03. The Morgan fingerprint density at radius 1 is 0.348 bits per heavy atom. The molecule has 2 aromatic heterocycles. The van der Waals surface area contributed by atoms with Crippen LogP contribution in [0.25, 0.3) is 78.2 Å². The predicted octanol–water partition coefficient (Wildman–Crippen LogP) is 10.5. The van der Waals surface area contributed by atoms with Gasteiger partial charge in [0.1, 0.15) is 0 Å². The number of nitrogens with zero attached hydrogens (tertiary/aromatic N) is 4. The number of benzene rings is 6. The van der Waals surface area contributed by atoms with E-state index < -0.39 is 0 Å². The second-order valence-electron chi connectivity index (χ2n) is 11.7. The summed E-state index contributed by atoms with van der Waals surface area (Å²) in [4.78, 5) is 19.9. The highest BCUT2D eigenvalue weighted by Crippen LogP contribution is 2.39. The smallest absolute Gasteiger partial charge is 0.164 e. The molecule has 0 saturated carbocycles. The van der Waals surface area contributed by atoms with Gasteiger partial charge in [0.15, 0.2) is 17.5 Å². The van der Waals surface area contributed by atoms with Crippen LogP contribution in [0.5, 0.6) is 0 Å². The maximum absolute atomic E-state index is 5.12. The van der Waals surface area contributed by atoms with E-state index in [9.17, 15) is 0 Å². The Kier molecular flexibility index (Phi) is 6.88. The van der Waals surface area contributed by atoms with E-state index >= 15 is 0 Å². The Morgan fingerprint density at radius 2 is 0.826 bits per heavy atom. The van der Waals surface area contributed by atoms with Gasteiger partial charge in [-0.3, -0.25) is 0 Å². The molecule has 0 radical (unpaired) electrons. The van der Waals surface area contributed by atoms with Gasteiger partial charge in [-0.05, 0) is 31.0 Å². The molecule has 8 aromatic rings. The minimum atomic E-state index is 0.645. The molecule has 4 nitrogen and oxygen atoms in total. The Morgan fingerprint density at radius 3 is 1.41 bits per heavy atom. The van der Waals surface area contributed by atoms with Gasteiger partial charge in [0, 0.05) is 38.4 Å². The Balaban J connectivity index is 1.27. The third-order valence-corrected chi connectivity index (χ3v) is 8.48. The summed E-state index contributed by atoms with van der Waals surface area (Å²) in [7, 11) is 0. The SMILES string of the molecule is Cc1ccc(-c2nc(-c3ccc(C)cc3)nc(-c3ccc(-c4cccc5c(-c6ccccc6)nc6ccccc6c45)cc3)n2)cc1. The molecule has 0 aliphatic rings. The van der Waals surface area contributed by atoms with Crippen molar-refractivity contribution in [2.45, 2.75) is 13.8 Å². The lowest BCUT2D eigenvalue weighted by Gasteiger charge is -2.14. The van der Waals surface area contributed by atoms with Crippen LogP contribution in [-0.2, 0) is 0 Å². The van der Waals surface area contributed by atoms with Gasteiger partial charge in [-0.2, -0.15) is 0 Å². The number of hydrogen-bond donors (Lipinski definition) is 0. The second kappa shape index (κ2) is 11.5. The molecule has 8 rings (SSSR count). The van der Waals surface area contributed by atoms with Crippen molar-refractivity contribution in [2.75, 3.05) is 0 Å². The van der Waals surface area contributed by atoms with E-state index in [1.807, 2.05) is 6.07 Å². The number of pyridine rings is 1. The third kappa shape index (κ3) is 5.10. The molecular weight excluding hydrogens is 560 g/mol. The zero-order valence-electron chi connectivity index (χ0n) is 25.6. The van der Waals surface area contributed by atoms with Crippen molar-refractivity contribution in [2.24, 2.45) is 0 Å². The second-order valence-corrected chi connectivity index (χ2v) is 11.7. The van der Waals surface area contributed by atoms with Crippen LogP contribution in [0.4, 0.5) is 0 Å². The summed E-state index contributed by atoms with van der Waals surface area (Å²) in [5.41, 5.74) is 10.6. The molecule has 0 bridgehead atoms. The van der Waals surface area contributed by atoms with Crippen molar-refractivity contribution in [3.05, 3.63) is 157 Å². The van der Waals surface area contributed by atoms with Crippen LogP contribution in [0.15, 0.2) is 146 Å². The molecule has 0 aliphatic heterocycles. The highest BCUT2D eigenvalue weighted by Gasteiger charge is 2.16. The van der Waals surface area contributed by atoms with Gasteiger partial charge in [0.25, 0.3) is 0 Å². The first-order valence-corrected chi connectivity index (χ1v) is 15.5. The minimum Gasteiger partial charge on any atom is -0.247 e. The average Bonchev–Trinajstić information content (AvgIpc) is 3.12. The molecule has 0 N–H and O–H groups in total. The minimum absolute atomic E-state index is 0.645. The van der Waals surface area contributed by atoms with Crippen LogP contribution in [0.3, 0.4) is 0 Å². The summed E-state index contributed by atoms with van der Waals surface area (Å²) < 4.78 is 0. The molecule has 6 aromatic carbocycles. The quantitative estimate of drug-likeness (QED) is 0.187. The van der Waals surface area contributed by atoms with Gasteiger partial charge in [-0.15, -0.1) is 0 Å². The van der Waals surface area contributed by atoms with Crippen molar-refractivity contribution in [1.29, 1.82) is 0 Å². The number of aromatic nitrogens is 4. The van der Waals surface area contributed by atoms with Crippen LogP contribution in [-0.4, -0.2) is 19.9 Å². The van der Waals surface area contributed by atoms with Gasteiger partial charge < -0.3 is 0 Å². The van der Waals surface area contributed by atoms with E-state index in [4.69, 9.17) is 19.9 Å². The van der Waals surface area contributed by atoms with Crippen LogP contribution >= 0.6 is 0 Å². The highest BCUT2D eigenvalue weighted by molar-refractivity contribution is 6.17. The summed E-state index contributed by atoms with van der Waals surface area (Å²) >= 11 is 0. The summed E-state index contributed by atoms with van der Waals surface area (Å²) in [5, 5.41) is 3.47. The van der Waals surface area contributed by atoms with Gasteiger partial charge in [-0.25, -0.2) is 19.9 Å². The normalized spacial score (nSPS) is 11.3. The lowest BCUT2D eigenvalue weighted by atomic mass is 9.92. The molecule has 4 heteroatoms. The fourth-order valence-electron chi connectivity index (χ4n) is 6.03. The zero-order valence-corrected chi connectivity index (χ0v) is 25.6. The van der Waals surface area contributed by atoms with E-state index in [1.54, 1.807) is 0 Å². The maximum atomic E-state index is 5.12. The Hall–Kier alpha value is -6.00. The topological polar surface area (TPSA) is 51.6 Å². The Labute approximate surface area is 268 Å². The van der Waals surface area contributed by atoms with E-state index in [0.29, 0.717) is 17.5 Å². The van der Waals surface area contributed by atoms with Gasteiger partial charge in [0.05, 0.1) is 11.2 Å². The number of rotatable bonds is 5. The molecule has 0 aliphatic carbocycles. The van der Waals surface area contributed by atoms with Crippen molar-refractivity contribution in [3.8, 4) is 56.5 Å². The van der Waals surface area contributed by atoms with Crippen molar-refractivity contribution < 1.29 is 0 Å². The fraction of sp³-hybridized carbons (Fsp3) is 0.0476. The lowest BCUT2D eigenvalue weighted by Crippen LogP contribution is -2.00. The lowest BCUT2D eigenvalue weighted by molar-refractivity contribution is 1.07. The van der Waals surface area contributed by atoms with Gasteiger partial charge >= 0.3 is 0 Å². The van der Waals surface area contributed by atoms with Crippen LogP contribution in [0.2, 0.25) is 0 Å². The zero-order chi connectivity index (χ0) is 31.0. The molecule has 0 atom stereocenters. The highest BCUT2D eigenvalue weighted by atomic mass is 15.0. The Bertz CT molecular complexity index is 2280. The molecule has 0 spiro atoms. The van der Waals surface area contributed by atoms with Crippen LogP contribution in [0, 0.1) is 13.8 Å². The summed E-state index contributed by atoms with van der Waals surface area (Å²) in [5.74, 6) is 1.96. The van der Waals surface area contributed by atoms with Crippen LogP contribution in [0.1, 0.15) is 11.1 Å². The number of fused-ring (bicyclic) bond motifs is 3. The summed E-state index contributed by atoms with van der Waals surface area (Å²) in [6.07, 6.45) is 0. The predicted molar refractivity (Wildman–Crippen MR) is 189 cm³/mol. The van der Waals surface area contributed by atoms with E-state index in [1.165, 1.54) is 16.5 Å². The van der Waals surface area contributed by atoms with Crippen molar-refractivity contribution in [3.63, 3.8) is 0 Å². The van der Waals surface area contributed by atoms with E-state index in [2.05, 4.69) is 153 Å². The average molecular weight is 591 g/mol. The first-order chi connectivity index (χ1) is 22.6. The van der Waals surface area contributed by atoms with Crippen molar-refractivity contribution >= 4 is 21.7 Å². The van der Waals surface area contributed by atoms with E-state index in [-0.39, 0.29) is 0 Å². The monoisotopic (exact) mass is 590 g/mol. The molecule has 0 fully saturated rings. The van der Waals surface area contributed by atoms with Crippen molar-refractivity contribution in [1.82, 2.24) is 19.9 Å². The first-order valence-electron chi connectivity index (χ1n) is 15.5. The molecule has 218 valence electrons. The van der Waals surface area contributed by atoms with Crippen LogP contribution < -0.4 is 0 Å². The molecule has 46 heavy (non-hydrogen) atoms. The maximum Gasteiger partial charge on any atom is 0.164 e. The summed E-state index contributed by atoms with van der Waals surface area (Å²) in [6.45, 7) is 4.17. The van der Waals surface area contributed by atoms with E-state index in [0.717, 1.165) is 55.4 Å². The molecule has 2 heterocycles. The summed E-state index contributed by atoms with van der Waals surface area (Å²) in [6, 6.07) is 50.5. The van der Waals surface area contributed by atoms with Gasteiger partial charge in [-0.1, -0.05) is 151 Å². The molecular formula is C42H30N4. The molecule has 0 unspecified atom stereocenters. The van der Waals surface area contributed by atoms with Gasteiger partial charge in [0.2, 0.25) is 0 Å². The first kappa shape index (κ1) is 27.5. The number of aryl methyl sites for hydroxylation is 2. The number of para-hydroxylation sites is 1. The third-order valence-electron chi connectivity index (χ3n) is 8.48.